The number of aromatic nitrogens is 1. The van der Waals surface area contributed by atoms with E-state index in [1.165, 1.54) is 17.5 Å². The van der Waals surface area contributed by atoms with Crippen molar-refractivity contribution in [1.82, 2.24) is 4.31 Å². The fraction of sp³-hybridized carbons (Fsp3) is 0.429. The Hall–Kier alpha value is -2.45. The fourth-order valence-corrected chi connectivity index (χ4v) is 5.18. The number of anilines is 1. The molecule has 0 atom stereocenters. The van der Waals surface area contributed by atoms with Crippen LogP contribution in [0.2, 0.25) is 0 Å². The van der Waals surface area contributed by atoms with E-state index in [0.717, 1.165) is 30.5 Å². The van der Waals surface area contributed by atoms with Gasteiger partial charge < -0.3 is 10.1 Å². The summed E-state index contributed by atoms with van der Waals surface area (Å²) in [7, 11) is -2.24. The molecule has 0 saturated carbocycles. The van der Waals surface area contributed by atoms with Gasteiger partial charge in [-0.05, 0) is 44.0 Å². The molecule has 1 aromatic carbocycles. The number of rotatable bonds is 6. The molecule has 1 saturated heterocycles. The van der Waals surface area contributed by atoms with Gasteiger partial charge in [-0.3, -0.25) is 4.79 Å². The summed E-state index contributed by atoms with van der Waals surface area (Å²) in [5.41, 5.74) is 2.53. The number of hydrogen-bond acceptors (Lipinski definition) is 4. The molecular weight excluding hydrogens is 390 g/mol. The summed E-state index contributed by atoms with van der Waals surface area (Å²) < 4.78 is 34.9. The summed E-state index contributed by atoms with van der Waals surface area (Å²) in [6.45, 7) is 5.11. The van der Waals surface area contributed by atoms with Crippen LogP contribution >= 0.6 is 0 Å². The van der Waals surface area contributed by atoms with E-state index in [-0.39, 0.29) is 23.1 Å². The Kier molecular flexibility index (Phi) is 6.54. The zero-order valence-electron chi connectivity index (χ0n) is 17.1. The maximum atomic E-state index is 13.1. The lowest BCUT2D eigenvalue weighted by molar-refractivity contribution is -0.690. The zero-order valence-corrected chi connectivity index (χ0v) is 18.0. The summed E-state index contributed by atoms with van der Waals surface area (Å²) in [6, 6.07) is 8.60. The first kappa shape index (κ1) is 21.3. The van der Waals surface area contributed by atoms with Crippen molar-refractivity contribution in [3.63, 3.8) is 0 Å². The molecule has 0 radical (unpaired) electrons. The van der Waals surface area contributed by atoms with Crippen LogP contribution in [-0.2, 0) is 21.4 Å². The van der Waals surface area contributed by atoms with Gasteiger partial charge in [0.25, 0.3) is 5.91 Å². The first-order valence-corrected chi connectivity index (χ1v) is 11.2. The number of amides is 1. The van der Waals surface area contributed by atoms with E-state index in [4.69, 9.17) is 4.74 Å². The van der Waals surface area contributed by atoms with Gasteiger partial charge in [-0.2, -0.15) is 8.87 Å². The summed E-state index contributed by atoms with van der Waals surface area (Å²) >= 11 is 0. The van der Waals surface area contributed by atoms with Gasteiger partial charge in [0.15, 0.2) is 11.9 Å². The summed E-state index contributed by atoms with van der Waals surface area (Å²) in [4.78, 5) is 12.6. The Morgan fingerprint density at radius 3 is 2.59 bits per heavy atom. The summed E-state index contributed by atoms with van der Waals surface area (Å²) in [5, 5.41) is 2.81. The van der Waals surface area contributed by atoms with Crippen LogP contribution in [0, 0.1) is 13.8 Å². The Balaban J connectivity index is 1.83. The van der Waals surface area contributed by atoms with Crippen molar-refractivity contribution in [2.24, 2.45) is 0 Å². The second-order valence-corrected chi connectivity index (χ2v) is 9.19. The number of nitrogens with zero attached hydrogens (tertiary/aromatic N) is 2. The van der Waals surface area contributed by atoms with Crippen molar-refractivity contribution in [3.05, 3.63) is 47.8 Å². The molecule has 0 bridgehead atoms. The van der Waals surface area contributed by atoms with Crippen LogP contribution in [0.25, 0.3) is 0 Å². The Morgan fingerprint density at radius 2 is 1.90 bits per heavy atom. The van der Waals surface area contributed by atoms with Crippen LogP contribution in [0.4, 0.5) is 5.69 Å². The third-order valence-corrected chi connectivity index (χ3v) is 7.23. The van der Waals surface area contributed by atoms with E-state index < -0.39 is 10.0 Å². The molecule has 2 aromatic rings. The van der Waals surface area contributed by atoms with E-state index in [2.05, 4.69) is 5.32 Å². The molecule has 1 aliphatic rings. The molecule has 0 spiro atoms. The number of piperidine rings is 1. The summed E-state index contributed by atoms with van der Waals surface area (Å²) in [5.74, 6) is 0.0488. The Bertz CT molecular complexity index is 999. The molecule has 29 heavy (non-hydrogen) atoms. The van der Waals surface area contributed by atoms with E-state index in [1.54, 1.807) is 12.1 Å². The lowest BCUT2D eigenvalue weighted by Crippen LogP contribution is -2.43. The maximum absolute atomic E-state index is 13.1. The number of carbonyl (C=O) groups excluding carboxylic acids is 1. The number of sulfonamides is 1. The molecule has 7 nitrogen and oxygen atoms in total. The lowest BCUT2D eigenvalue weighted by atomic mass is 10.2. The SMILES string of the molecule is COc1ccc(NC(=O)C[n+]2cccc(C)c2C)cc1S(=O)(=O)N1CCCCC1. The van der Waals surface area contributed by atoms with Gasteiger partial charge in [0.2, 0.25) is 16.6 Å². The number of ether oxygens (including phenoxy) is 1. The van der Waals surface area contributed by atoms with Crippen LogP contribution < -0.4 is 14.6 Å². The van der Waals surface area contributed by atoms with Gasteiger partial charge in [-0.15, -0.1) is 0 Å². The predicted octanol–water partition coefficient (Wildman–Crippen LogP) is 2.41. The van der Waals surface area contributed by atoms with Gasteiger partial charge in [0.05, 0.1) is 7.11 Å². The van der Waals surface area contributed by atoms with Crippen LogP contribution in [-0.4, -0.2) is 38.8 Å². The lowest BCUT2D eigenvalue weighted by Gasteiger charge is -2.26. The minimum atomic E-state index is -3.68. The van der Waals surface area contributed by atoms with Crippen LogP contribution in [0.15, 0.2) is 41.4 Å². The normalized spacial score (nSPS) is 15.1. The van der Waals surface area contributed by atoms with Gasteiger partial charge in [0, 0.05) is 37.3 Å². The minimum absolute atomic E-state index is 0.0825. The molecular formula is C21H28N3O4S+. The van der Waals surface area contributed by atoms with Crippen LogP contribution in [0.1, 0.15) is 30.5 Å². The zero-order chi connectivity index (χ0) is 21.0. The van der Waals surface area contributed by atoms with Crippen molar-refractivity contribution >= 4 is 21.6 Å². The van der Waals surface area contributed by atoms with Crippen LogP contribution in [0.5, 0.6) is 5.75 Å². The number of methoxy groups -OCH3 is 1. The second kappa shape index (κ2) is 8.92. The van der Waals surface area contributed by atoms with Crippen LogP contribution in [0.3, 0.4) is 0 Å². The van der Waals surface area contributed by atoms with Crippen molar-refractivity contribution in [3.8, 4) is 5.75 Å². The van der Waals surface area contributed by atoms with Gasteiger partial charge in [-0.25, -0.2) is 8.42 Å². The highest BCUT2D eigenvalue weighted by molar-refractivity contribution is 7.89. The molecule has 156 valence electrons. The smallest absolute Gasteiger partial charge is 0.290 e. The van der Waals surface area contributed by atoms with Crippen molar-refractivity contribution in [2.45, 2.75) is 44.6 Å². The number of nitrogens with one attached hydrogen (secondary N) is 1. The number of aryl methyl sites for hydroxylation is 1. The molecule has 8 heteroatoms. The highest BCUT2D eigenvalue weighted by atomic mass is 32.2. The predicted molar refractivity (Wildman–Crippen MR) is 110 cm³/mol. The second-order valence-electron chi connectivity index (χ2n) is 7.28. The molecule has 1 N–H and O–H groups in total. The topological polar surface area (TPSA) is 79.6 Å². The third kappa shape index (κ3) is 4.76. The minimum Gasteiger partial charge on any atom is -0.495 e. The van der Waals surface area contributed by atoms with E-state index in [1.807, 2.05) is 36.7 Å². The molecule has 3 rings (SSSR count). The third-order valence-electron chi connectivity index (χ3n) is 5.31. The monoisotopic (exact) mass is 418 g/mol. The molecule has 1 aromatic heterocycles. The first-order valence-electron chi connectivity index (χ1n) is 9.76. The van der Waals surface area contributed by atoms with E-state index in [0.29, 0.717) is 18.8 Å². The van der Waals surface area contributed by atoms with Crippen molar-refractivity contribution < 1.29 is 22.5 Å². The number of carbonyl (C=O) groups is 1. The molecule has 0 unspecified atom stereocenters. The Morgan fingerprint density at radius 1 is 1.17 bits per heavy atom. The summed E-state index contributed by atoms with van der Waals surface area (Å²) in [6.07, 6.45) is 4.59. The van der Waals surface area contributed by atoms with Crippen molar-refractivity contribution in [2.75, 3.05) is 25.5 Å². The van der Waals surface area contributed by atoms with Crippen molar-refractivity contribution in [1.29, 1.82) is 0 Å². The standard InChI is InChI=1S/C21H27N3O4S/c1-16-8-7-11-23(17(16)2)15-21(25)22-18-9-10-19(28-3)20(14-18)29(26,27)24-12-5-4-6-13-24/h7-11,14H,4-6,12-13,15H2,1-3H3/p+1. The number of pyridine rings is 1. The molecule has 2 heterocycles. The average molecular weight is 419 g/mol. The highest BCUT2D eigenvalue weighted by Gasteiger charge is 2.29. The Labute approximate surface area is 172 Å². The quantitative estimate of drug-likeness (QED) is 0.731. The number of hydrogen-bond donors (Lipinski definition) is 1. The molecule has 1 aliphatic heterocycles. The van der Waals surface area contributed by atoms with Gasteiger partial charge in [-0.1, -0.05) is 6.42 Å². The highest BCUT2D eigenvalue weighted by Crippen LogP contribution is 2.31. The van der Waals surface area contributed by atoms with Gasteiger partial charge >= 0.3 is 0 Å². The largest absolute Gasteiger partial charge is 0.495 e. The van der Waals surface area contributed by atoms with E-state index in [9.17, 15) is 13.2 Å². The average Bonchev–Trinajstić information content (AvgIpc) is 2.72. The van der Waals surface area contributed by atoms with E-state index >= 15 is 0 Å². The first-order chi connectivity index (χ1) is 13.8. The molecule has 0 aliphatic carbocycles. The number of benzene rings is 1. The maximum Gasteiger partial charge on any atom is 0.290 e. The molecule has 1 fully saturated rings. The molecule has 1 amide bonds. The van der Waals surface area contributed by atoms with Gasteiger partial charge in [0.1, 0.15) is 10.6 Å². The fourth-order valence-electron chi connectivity index (χ4n) is 3.48.